The maximum absolute atomic E-state index is 12.3. The van der Waals surface area contributed by atoms with Crippen LogP contribution in [-0.2, 0) is 0 Å². The van der Waals surface area contributed by atoms with Gasteiger partial charge in [0.25, 0.3) is 5.41 Å². The van der Waals surface area contributed by atoms with Crippen LogP contribution < -0.4 is 0 Å². The van der Waals surface area contributed by atoms with E-state index in [4.69, 9.17) is 0 Å². The summed E-state index contributed by atoms with van der Waals surface area (Å²) >= 11 is 3.20. The van der Waals surface area contributed by atoms with Gasteiger partial charge in [0, 0.05) is 4.86 Å². The van der Waals surface area contributed by atoms with Crippen LogP contribution in [0.4, 0.5) is 52.7 Å². The van der Waals surface area contributed by atoms with E-state index < -0.39 is 41.4 Å². The molecule has 0 spiro atoms. The molecule has 0 atom stereocenters. The Hall–Kier alpha value is -0.750. The highest BCUT2D eigenvalue weighted by atomic mass is 32.1. The topological polar surface area (TPSA) is 0 Å². The monoisotopic (exact) mass is 346 g/mol. The fraction of sp³-hybridized carbons (Fsp3) is 0.857. The van der Waals surface area contributed by atoms with Gasteiger partial charge in [-0.1, -0.05) is 12.2 Å². The molecule has 0 saturated heterocycles. The fourth-order valence-electron chi connectivity index (χ4n) is 1.27. The molecular weight excluding hydrogens is 344 g/mol. The highest BCUT2D eigenvalue weighted by Gasteiger charge is 2.85. The van der Waals surface area contributed by atoms with Crippen LogP contribution in [0.25, 0.3) is 0 Å². The van der Waals surface area contributed by atoms with Crippen molar-refractivity contribution in [3.63, 3.8) is 0 Å². The minimum Gasteiger partial charge on any atom is -0.171 e. The molecule has 0 amide bonds. The molecule has 0 heterocycles. The molecule has 0 aromatic rings. The molecule has 0 aromatic heterocycles. The molecular formula is C7H2F12S. The molecule has 0 N–H and O–H groups in total. The summed E-state index contributed by atoms with van der Waals surface area (Å²) in [7, 11) is 0. The number of rotatable bonds is 2. The minimum atomic E-state index is -7.12. The first-order valence-electron chi connectivity index (χ1n) is 4.18. The molecule has 0 aliphatic carbocycles. The molecule has 120 valence electrons. The van der Waals surface area contributed by atoms with Gasteiger partial charge in [0.05, 0.1) is 6.42 Å². The van der Waals surface area contributed by atoms with Crippen LogP contribution >= 0.6 is 12.2 Å². The Morgan fingerprint density at radius 2 is 0.850 bits per heavy atom. The Balaban J connectivity index is 6.28. The molecule has 13 heteroatoms. The Morgan fingerprint density at radius 1 is 0.600 bits per heavy atom. The van der Waals surface area contributed by atoms with Gasteiger partial charge in [0.1, 0.15) is 0 Å². The summed E-state index contributed by atoms with van der Waals surface area (Å²) < 4.78 is 146. The Labute approximate surface area is 107 Å². The van der Waals surface area contributed by atoms with Crippen LogP contribution in [-0.4, -0.2) is 29.6 Å². The van der Waals surface area contributed by atoms with E-state index in [9.17, 15) is 52.7 Å². The zero-order chi connectivity index (χ0) is 16.8. The van der Waals surface area contributed by atoms with Gasteiger partial charge in [-0.05, 0) is 0 Å². The average Bonchev–Trinajstić information content (AvgIpc) is 1.88. The van der Waals surface area contributed by atoms with E-state index in [0.717, 1.165) is 0 Å². The van der Waals surface area contributed by atoms with Crippen molar-refractivity contribution < 1.29 is 52.7 Å². The quantitative estimate of drug-likeness (QED) is 0.502. The third kappa shape index (κ3) is 3.28. The van der Waals surface area contributed by atoms with Crippen LogP contribution in [0, 0.1) is 5.41 Å². The van der Waals surface area contributed by atoms with Crippen LogP contribution in [0.5, 0.6) is 0 Å². The lowest BCUT2D eigenvalue weighted by Crippen LogP contribution is -2.64. The average molecular weight is 346 g/mol. The van der Waals surface area contributed by atoms with E-state index >= 15 is 0 Å². The van der Waals surface area contributed by atoms with E-state index in [1.54, 1.807) is 0 Å². The van der Waals surface area contributed by atoms with Crippen molar-refractivity contribution in [3.8, 4) is 0 Å². The zero-order valence-corrected chi connectivity index (χ0v) is 9.47. The third-order valence-electron chi connectivity index (χ3n) is 2.05. The van der Waals surface area contributed by atoms with Gasteiger partial charge in [-0.15, -0.1) is 0 Å². The van der Waals surface area contributed by atoms with Crippen LogP contribution in [0.3, 0.4) is 0 Å². The number of hydrogen-bond donors (Lipinski definition) is 0. The summed E-state index contributed by atoms with van der Waals surface area (Å²) in [6, 6.07) is 0. The van der Waals surface area contributed by atoms with Crippen molar-refractivity contribution >= 4 is 17.1 Å². The summed E-state index contributed by atoms with van der Waals surface area (Å²) in [5.74, 6) is 0. The first-order chi connectivity index (χ1) is 8.38. The summed E-state index contributed by atoms with van der Waals surface area (Å²) in [6.45, 7) is 0. The summed E-state index contributed by atoms with van der Waals surface area (Å²) in [5, 5.41) is 0. The minimum absolute atomic E-state index is 3.15. The number of hydrogen-bond acceptors (Lipinski definition) is 1. The zero-order valence-electron chi connectivity index (χ0n) is 8.65. The highest BCUT2D eigenvalue weighted by Crippen LogP contribution is 2.61. The molecule has 0 aromatic carbocycles. The molecule has 20 heavy (non-hydrogen) atoms. The summed E-state index contributed by atoms with van der Waals surface area (Å²) in [4.78, 5) is -3.25. The Bertz CT molecular complexity index is 329. The third-order valence-corrected chi connectivity index (χ3v) is 2.51. The van der Waals surface area contributed by atoms with Gasteiger partial charge in [-0.3, -0.25) is 0 Å². The van der Waals surface area contributed by atoms with E-state index in [1.165, 1.54) is 0 Å². The van der Waals surface area contributed by atoms with Gasteiger partial charge in [-0.2, -0.15) is 52.7 Å². The van der Waals surface area contributed by atoms with Crippen LogP contribution in [0.2, 0.25) is 0 Å². The second kappa shape index (κ2) is 4.91. The second-order valence-corrected chi connectivity index (χ2v) is 3.95. The van der Waals surface area contributed by atoms with Gasteiger partial charge < -0.3 is 0 Å². The second-order valence-electron chi connectivity index (χ2n) is 3.46. The van der Waals surface area contributed by atoms with E-state index in [2.05, 4.69) is 12.2 Å². The van der Waals surface area contributed by atoms with E-state index in [0.29, 0.717) is 0 Å². The van der Waals surface area contributed by atoms with Gasteiger partial charge in [0.15, 0.2) is 0 Å². The number of halogens is 12. The smallest absolute Gasteiger partial charge is 0.171 e. The predicted molar refractivity (Wildman–Crippen MR) is 43.9 cm³/mol. The molecule has 0 aliphatic rings. The lowest BCUT2D eigenvalue weighted by atomic mass is 9.80. The van der Waals surface area contributed by atoms with Gasteiger partial charge >= 0.3 is 24.7 Å². The molecule has 0 rings (SSSR count). The number of alkyl halides is 12. The van der Waals surface area contributed by atoms with Crippen molar-refractivity contribution in [1.29, 1.82) is 0 Å². The standard InChI is InChI=1S/C7H2F12S/c8-3(9,10)1-2(20)4(5(11,12)13,6(14,15)16)7(17,18)19/h1H2. The Morgan fingerprint density at radius 3 is 1.00 bits per heavy atom. The van der Waals surface area contributed by atoms with Crippen molar-refractivity contribution in [3.05, 3.63) is 0 Å². The fourth-order valence-corrected chi connectivity index (χ4v) is 1.78. The number of thiocarbonyl (C=S) groups is 1. The first-order valence-corrected chi connectivity index (χ1v) is 4.59. The van der Waals surface area contributed by atoms with E-state index in [1.807, 2.05) is 0 Å². The molecule has 0 unspecified atom stereocenters. The lowest BCUT2D eigenvalue weighted by molar-refractivity contribution is -0.397. The molecule has 0 radical (unpaired) electrons. The van der Waals surface area contributed by atoms with Crippen molar-refractivity contribution in [2.24, 2.45) is 5.41 Å². The largest absolute Gasteiger partial charge is 0.416 e. The molecule has 0 bridgehead atoms. The Kier molecular flexibility index (Phi) is 4.73. The van der Waals surface area contributed by atoms with Crippen molar-refractivity contribution in [1.82, 2.24) is 0 Å². The maximum Gasteiger partial charge on any atom is 0.416 e. The summed E-state index contributed by atoms with van der Waals surface area (Å²) in [6.07, 6.45) is -30.3. The van der Waals surface area contributed by atoms with Gasteiger partial charge in [-0.25, -0.2) is 0 Å². The van der Waals surface area contributed by atoms with E-state index in [-0.39, 0.29) is 0 Å². The van der Waals surface area contributed by atoms with Crippen molar-refractivity contribution in [2.75, 3.05) is 0 Å². The molecule has 0 aliphatic heterocycles. The van der Waals surface area contributed by atoms with Gasteiger partial charge in [0.2, 0.25) is 0 Å². The van der Waals surface area contributed by atoms with Crippen molar-refractivity contribution in [2.45, 2.75) is 31.1 Å². The summed E-state index contributed by atoms with van der Waals surface area (Å²) in [5.41, 5.74) is -6.71. The van der Waals surface area contributed by atoms with Crippen LogP contribution in [0.15, 0.2) is 0 Å². The maximum atomic E-state index is 12.3. The molecule has 0 nitrogen and oxygen atoms in total. The highest BCUT2D eigenvalue weighted by molar-refractivity contribution is 7.80. The first kappa shape index (κ1) is 19.2. The molecule has 0 saturated carbocycles. The normalized spacial score (nSPS) is 15.4. The SMILES string of the molecule is FC(F)(F)CC(=S)C(C(F)(F)F)(C(F)(F)F)C(F)(F)F. The molecule has 0 fully saturated rings. The predicted octanol–water partition coefficient (Wildman–Crippen LogP) is 4.98. The lowest BCUT2D eigenvalue weighted by Gasteiger charge is -2.39. The van der Waals surface area contributed by atoms with Crippen LogP contribution in [0.1, 0.15) is 6.42 Å².